The van der Waals surface area contributed by atoms with Crippen LogP contribution in [0.4, 0.5) is 4.79 Å². The molecule has 0 atom stereocenters. The fraction of sp³-hybridized carbons (Fsp3) is 0.286. The van der Waals surface area contributed by atoms with Crippen LogP contribution in [0.2, 0.25) is 24.7 Å². The number of amides is 3. The molecule has 0 fully saturated rings. The van der Waals surface area contributed by atoms with Crippen LogP contribution in [0.5, 0.6) is 0 Å². The van der Waals surface area contributed by atoms with E-state index in [1.54, 1.807) is 6.07 Å². The summed E-state index contributed by atoms with van der Waals surface area (Å²) in [5.74, 6) is -0.477. The van der Waals surface area contributed by atoms with Crippen molar-refractivity contribution in [3.05, 3.63) is 41.4 Å². The van der Waals surface area contributed by atoms with Crippen LogP contribution in [0.3, 0.4) is 0 Å². The summed E-state index contributed by atoms with van der Waals surface area (Å²) in [6.45, 7) is 10.1. The summed E-state index contributed by atoms with van der Waals surface area (Å²) in [6.07, 6.45) is 1.53. The lowest BCUT2D eigenvalue weighted by Gasteiger charge is -2.21. The van der Waals surface area contributed by atoms with Crippen LogP contribution in [0, 0.1) is 0 Å². The molecular formula is C14H19ClN2O2Si. The zero-order chi connectivity index (χ0) is 15.3. The highest BCUT2D eigenvalue weighted by molar-refractivity contribution is 6.89. The minimum atomic E-state index is -1.74. The first-order chi connectivity index (χ1) is 9.27. The van der Waals surface area contributed by atoms with E-state index in [4.69, 9.17) is 11.6 Å². The van der Waals surface area contributed by atoms with Crippen molar-refractivity contribution in [2.45, 2.75) is 19.6 Å². The molecule has 2 N–H and O–H groups in total. The largest absolute Gasteiger partial charge is 0.334 e. The molecule has 0 aliphatic rings. The Morgan fingerprint density at radius 1 is 1.35 bits per heavy atom. The van der Waals surface area contributed by atoms with Gasteiger partial charge in [0, 0.05) is 6.54 Å². The second kappa shape index (κ2) is 6.72. The predicted molar refractivity (Wildman–Crippen MR) is 85.5 cm³/mol. The number of rotatable bonds is 4. The standard InChI is InChI=1S/C14H19ClN2O2Si/c1-5-9-16-14(19)17-13(18)12-10(15)7-6-8-11(12)20(2,3)4/h5-8H,1,9H2,2-4H3,(H2,16,17,18,19). The molecule has 6 heteroatoms. The van der Waals surface area contributed by atoms with Gasteiger partial charge in [-0.05, 0) is 11.3 Å². The predicted octanol–water partition coefficient (Wildman–Crippen LogP) is 2.51. The lowest BCUT2D eigenvalue weighted by Crippen LogP contribution is -2.46. The Balaban J connectivity index is 3.04. The third-order valence-corrected chi connectivity index (χ3v) is 5.03. The van der Waals surface area contributed by atoms with E-state index in [0.717, 1.165) is 5.19 Å². The van der Waals surface area contributed by atoms with Crippen molar-refractivity contribution in [3.63, 3.8) is 0 Å². The fourth-order valence-corrected chi connectivity index (χ4v) is 3.69. The van der Waals surface area contributed by atoms with Crippen molar-refractivity contribution < 1.29 is 9.59 Å². The van der Waals surface area contributed by atoms with Crippen LogP contribution in [0.1, 0.15) is 10.4 Å². The zero-order valence-corrected chi connectivity index (χ0v) is 13.7. The molecule has 4 nitrogen and oxygen atoms in total. The molecule has 1 aromatic carbocycles. The second-order valence-electron chi connectivity index (χ2n) is 5.37. The Kier molecular flexibility index (Phi) is 5.53. The molecule has 0 bridgehead atoms. The minimum absolute atomic E-state index is 0.294. The Morgan fingerprint density at radius 3 is 2.55 bits per heavy atom. The molecule has 0 aliphatic carbocycles. The third-order valence-electron chi connectivity index (χ3n) is 2.68. The van der Waals surface area contributed by atoms with Gasteiger partial charge in [0.2, 0.25) is 0 Å². The molecule has 20 heavy (non-hydrogen) atoms. The molecule has 0 radical (unpaired) electrons. The Labute approximate surface area is 125 Å². The van der Waals surface area contributed by atoms with Gasteiger partial charge in [-0.3, -0.25) is 10.1 Å². The summed E-state index contributed by atoms with van der Waals surface area (Å²) in [5, 5.41) is 6.07. The molecule has 1 aromatic rings. The van der Waals surface area contributed by atoms with Crippen molar-refractivity contribution in [2.75, 3.05) is 6.54 Å². The fourth-order valence-electron chi connectivity index (χ4n) is 1.75. The highest BCUT2D eigenvalue weighted by Crippen LogP contribution is 2.17. The van der Waals surface area contributed by atoms with E-state index in [1.807, 2.05) is 12.1 Å². The molecule has 3 amide bonds. The van der Waals surface area contributed by atoms with Gasteiger partial charge in [-0.1, -0.05) is 49.5 Å². The van der Waals surface area contributed by atoms with Crippen LogP contribution >= 0.6 is 11.6 Å². The molecule has 0 spiro atoms. The van der Waals surface area contributed by atoms with Crippen LogP contribution < -0.4 is 15.8 Å². The monoisotopic (exact) mass is 310 g/mol. The lowest BCUT2D eigenvalue weighted by molar-refractivity contribution is 0.0965. The summed E-state index contributed by atoms with van der Waals surface area (Å²) in [7, 11) is -1.74. The minimum Gasteiger partial charge on any atom is -0.334 e. The average molecular weight is 311 g/mol. The van der Waals surface area contributed by atoms with E-state index in [9.17, 15) is 9.59 Å². The van der Waals surface area contributed by atoms with E-state index in [2.05, 4.69) is 36.9 Å². The van der Waals surface area contributed by atoms with Crippen LogP contribution in [0.25, 0.3) is 0 Å². The summed E-state index contributed by atoms with van der Waals surface area (Å²) in [5.41, 5.74) is 0.391. The zero-order valence-electron chi connectivity index (χ0n) is 11.9. The number of halogens is 1. The summed E-state index contributed by atoms with van der Waals surface area (Å²) in [6, 6.07) is 4.82. The maximum Gasteiger partial charge on any atom is 0.321 e. The quantitative estimate of drug-likeness (QED) is 0.663. The summed E-state index contributed by atoms with van der Waals surface area (Å²) in [4.78, 5) is 23.8. The number of carbonyl (C=O) groups excluding carboxylic acids is 2. The van der Waals surface area contributed by atoms with Gasteiger partial charge in [-0.2, -0.15) is 0 Å². The van der Waals surface area contributed by atoms with Crippen molar-refractivity contribution in [1.29, 1.82) is 0 Å². The van der Waals surface area contributed by atoms with Gasteiger partial charge in [0.25, 0.3) is 5.91 Å². The highest BCUT2D eigenvalue weighted by Gasteiger charge is 2.26. The normalized spacial score (nSPS) is 10.8. The molecule has 0 unspecified atom stereocenters. The molecule has 0 heterocycles. The molecule has 108 valence electrons. The van der Waals surface area contributed by atoms with Crippen LogP contribution in [-0.4, -0.2) is 26.6 Å². The van der Waals surface area contributed by atoms with Gasteiger partial charge in [0.15, 0.2) is 0 Å². The number of nitrogens with one attached hydrogen (secondary N) is 2. The SMILES string of the molecule is C=CCNC(=O)NC(=O)c1c(Cl)cccc1[Si](C)(C)C. The van der Waals surface area contributed by atoms with Gasteiger partial charge in [0.05, 0.1) is 18.7 Å². The Hall–Kier alpha value is -1.59. The number of hydrogen-bond acceptors (Lipinski definition) is 2. The van der Waals surface area contributed by atoms with Crippen LogP contribution in [0.15, 0.2) is 30.9 Å². The van der Waals surface area contributed by atoms with E-state index in [1.165, 1.54) is 6.08 Å². The van der Waals surface area contributed by atoms with E-state index >= 15 is 0 Å². The number of hydrogen-bond donors (Lipinski definition) is 2. The maximum atomic E-state index is 12.2. The molecule has 0 aliphatic heterocycles. The van der Waals surface area contributed by atoms with Gasteiger partial charge in [-0.25, -0.2) is 4.79 Å². The maximum absolute atomic E-state index is 12.2. The van der Waals surface area contributed by atoms with E-state index < -0.39 is 20.0 Å². The third kappa shape index (κ3) is 4.21. The summed E-state index contributed by atoms with van der Waals surface area (Å²) >= 11 is 6.13. The smallest absolute Gasteiger partial charge is 0.321 e. The van der Waals surface area contributed by atoms with Crippen molar-refractivity contribution in [1.82, 2.24) is 10.6 Å². The number of urea groups is 1. The van der Waals surface area contributed by atoms with E-state index in [0.29, 0.717) is 17.1 Å². The Bertz CT molecular complexity index is 538. The first-order valence-corrected chi connectivity index (χ1v) is 10.1. The first kappa shape index (κ1) is 16.5. The van der Waals surface area contributed by atoms with Crippen molar-refractivity contribution in [3.8, 4) is 0 Å². The van der Waals surface area contributed by atoms with Crippen molar-refractivity contribution in [2.24, 2.45) is 0 Å². The van der Waals surface area contributed by atoms with E-state index in [-0.39, 0.29) is 0 Å². The number of benzene rings is 1. The van der Waals surface area contributed by atoms with Crippen molar-refractivity contribution >= 4 is 36.8 Å². The lowest BCUT2D eigenvalue weighted by atomic mass is 10.2. The second-order valence-corrected chi connectivity index (χ2v) is 10.8. The van der Waals surface area contributed by atoms with Crippen LogP contribution in [-0.2, 0) is 0 Å². The molecular weight excluding hydrogens is 292 g/mol. The van der Waals surface area contributed by atoms with Gasteiger partial charge in [-0.15, -0.1) is 6.58 Å². The molecule has 0 saturated heterocycles. The van der Waals surface area contributed by atoms with Gasteiger partial charge >= 0.3 is 6.03 Å². The highest BCUT2D eigenvalue weighted by atomic mass is 35.5. The first-order valence-electron chi connectivity index (χ1n) is 6.26. The number of carbonyl (C=O) groups is 2. The molecule has 0 saturated carbocycles. The molecule has 0 aromatic heterocycles. The van der Waals surface area contributed by atoms with Gasteiger partial charge < -0.3 is 5.32 Å². The van der Waals surface area contributed by atoms with Gasteiger partial charge in [0.1, 0.15) is 0 Å². The number of imide groups is 1. The topological polar surface area (TPSA) is 58.2 Å². The Morgan fingerprint density at radius 2 is 2.00 bits per heavy atom. The molecule has 1 rings (SSSR count). The average Bonchev–Trinajstić information content (AvgIpc) is 2.34. The summed E-state index contributed by atoms with van der Waals surface area (Å²) < 4.78 is 0.